The second kappa shape index (κ2) is 5.47. The second-order valence-corrected chi connectivity index (χ2v) is 4.61. The summed E-state index contributed by atoms with van der Waals surface area (Å²) in [6, 6.07) is 4.27. The number of para-hydroxylation sites is 1. The maximum absolute atomic E-state index is 13.5. The van der Waals surface area contributed by atoms with Crippen molar-refractivity contribution >= 4 is 23.2 Å². The number of hydrogen-bond donors (Lipinski definition) is 2. The molecule has 0 aliphatic carbocycles. The van der Waals surface area contributed by atoms with Crippen LogP contribution in [0.4, 0.5) is 10.1 Å². The number of hydrogen-bond acceptors (Lipinski definition) is 2. The van der Waals surface area contributed by atoms with Crippen molar-refractivity contribution in [3.8, 4) is 0 Å². The van der Waals surface area contributed by atoms with Crippen molar-refractivity contribution in [3.63, 3.8) is 0 Å². The number of likely N-dealkylation sites (N-methyl/N-ethyl adjacent to an activating group) is 1. The molecule has 0 radical (unpaired) electrons. The molecule has 0 saturated carbocycles. The molecule has 0 aromatic heterocycles. The van der Waals surface area contributed by atoms with E-state index in [1.165, 1.54) is 18.2 Å². The number of halogens is 2. The van der Waals surface area contributed by atoms with E-state index < -0.39 is 11.4 Å². The first-order valence-electron chi connectivity index (χ1n) is 5.39. The molecule has 1 aromatic rings. The zero-order valence-corrected chi connectivity index (χ0v) is 10.9. The number of carbonyl (C=O) groups excluding carboxylic acids is 1. The molecule has 0 unspecified atom stereocenters. The van der Waals surface area contributed by atoms with E-state index in [1.807, 2.05) is 6.92 Å². The fraction of sp³-hybridized carbons (Fsp3) is 0.417. The normalized spacial score (nSPS) is 11.4. The Kier molecular flexibility index (Phi) is 4.48. The number of amides is 1. The van der Waals surface area contributed by atoms with Gasteiger partial charge in [-0.15, -0.1) is 0 Å². The minimum Gasteiger partial charge on any atom is -0.321 e. The molecule has 0 fully saturated rings. The van der Waals surface area contributed by atoms with Crippen LogP contribution in [0.25, 0.3) is 0 Å². The smallest absolute Gasteiger partial charge is 0.244 e. The molecule has 0 heterocycles. The molecule has 0 aliphatic heterocycles. The lowest BCUT2D eigenvalue weighted by Crippen LogP contribution is -2.49. The van der Waals surface area contributed by atoms with E-state index in [0.29, 0.717) is 6.54 Å². The largest absolute Gasteiger partial charge is 0.321 e. The molecule has 94 valence electrons. The molecule has 3 nitrogen and oxygen atoms in total. The average Bonchev–Trinajstić information content (AvgIpc) is 2.23. The molecule has 5 heteroatoms. The van der Waals surface area contributed by atoms with Crippen molar-refractivity contribution in [2.45, 2.75) is 26.3 Å². The van der Waals surface area contributed by atoms with Crippen LogP contribution in [0, 0.1) is 5.82 Å². The van der Waals surface area contributed by atoms with Gasteiger partial charge in [0.1, 0.15) is 5.82 Å². The first-order valence-corrected chi connectivity index (χ1v) is 5.76. The third-order valence-corrected chi connectivity index (χ3v) is 2.70. The summed E-state index contributed by atoms with van der Waals surface area (Å²) in [4.78, 5) is 11.9. The van der Waals surface area contributed by atoms with Gasteiger partial charge in [0.25, 0.3) is 0 Å². The number of nitrogens with one attached hydrogen (secondary N) is 2. The molecular formula is C12H16ClFN2O. The van der Waals surface area contributed by atoms with E-state index in [4.69, 9.17) is 11.6 Å². The fourth-order valence-electron chi connectivity index (χ4n) is 1.41. The third-order valence-electron chi connectivity index (χ3n) is 2.39. The first kappa shape index (κ1) is 13.9. The number of benzene rings is 1. The van der Waals surface area contributed by atoms with Crippen molar-refractivity contribution in [1.29, 1.82) is 0 Å². The Labute approximate surface area is 105 Å². The Hall–Kier alpha value is -1.13. The minimum absolute atomic E-state index is 0.0187. The maximum Gasteiger partial charge on any atom is 0.244 e. The standard InChI is InChI=1S/C12H16ClFN2O/c1-4-15-12(2,3)11(17)16-10-8(13)6-5-7-9(10)14/h5-7,15H,4H2,1-3H3,(H,16,17). The van der Waals surface area contributed by atoms with Crippen LogP contribution >= 0.6 is 11.6 Å². The minimum atomic E-state index is -0.777. The molecule has 0 aliphatic rings. The van der Waals surface area contributed by atoms with Crippen LogP contribution in [0.15, 0.2) is 18.2 Å². The molecule has 0 bridgehead atoms. The van der Waals surface area contributed by atoms with Crippen molar-refractivity contribution in [2.75, 3.05) is 11.9 Å². The van der Waals surface area contributed by atoms with Crippen LogP contribution in [0.3, 0.4) is 0 Å². The molecule has 2 N–H and O–H groups in total. The monoisotopic (exact) mass is 258 g/mol. The van der Waals surface area contributed by atoms with E-state index in [-0.39, 0.29) is 16.6 Å². The Morgan fingerprint density at radius 2 is 2.12 bits per heavy atom. The van der Waals surface area contributed by atoms with Gasteiger partial charge in [0.05, 0.1) is 16.2 Å². The molecule has 1 rings (SSSR count). The number of rotatable bonds is 4. The maximum atomic E-state index is 13.5. The molecule has 0 atom stereocenters. The Morgan fingerprint density at radius 3 is 2.65 bits per heavy atom. The van der Waals surface area contributed by atoms with Crippen LogP contribution in [-0.4, -0.2) is 18.0 Å². The van der Waals surface area contributed by atoms with Gasteiger partial charge in [-0.25, -0.2) is 4.39 Å². The van der Waals surface area contributed by atoms with Crippen LogP contribution in [0.2, 0.25) is 5.02 Å². The fourth-order valence-corrected chi connectivity index (χ4v) is 1.62. The molecule has 17 heavy (non-hydrogen) atoms. The molecule has 0 spiro atoms. The second-order valence-electron chi connectivity index (χ2n) is 4.21. The molecule has 1 amide bonds. The zero-order valence-electron chi connectivity index (χ0n) is 10.1. The lowest BCUT2D eigenvalue weighted by Gasteiger charge is -2.24. The SMILES string of the molecule is CCNC(C)(C)C(=O)Nc1c(F)cccc1Cl. The van der Waals surface area contributed by atoms with Crippen molar-refractivity contribution in [1.82, 2.24) is 5.32 Å². The lowest BCUT2D eigenvalue weighted by atomic mass is 10.0. The highest BCUT2D eigenvalue weighted by molar-refractivity contribution is 6.33. The predicted molar refractivity (Wildman–Crippen MR) is 67.8 cm³/mol. The predicted octanol–water partition coefficient (Wildman–Crippen LogP) is 2.81. The highest BCUT2D eigenvalue weighted by atomic mass is 35.5. The van der Waals surface area contributed by atoms with Gasteiger partial charge in [-0.3, -0.25) is 4.79 Å². The first-order chi connectivity index (χ1) is 7.88. The van der Waals surface area contributed by atoms with Gasteiger partial charge in [-0.05, 0) is 32.5 Å². The average molecular weight is 259 g/mol. The Morgan fingerprint density at radius 1 is 1.47 bits per heavy atom. The van der Waals surface area contributed by atoms with E-state index in [0.717, 1.165) is 0 Å². The summed E-state index contributed by atoms with van der Waals surface area (Å²) in [6.45, 7) is 5.98. The highest BCUT2D eigenvalue weighted by Crippen LogP contribution is 2.25. The van der Waals surface area contributed by atoms with Gasteiger partial charge in [0.15, 0.2) is 0 Å². The van der Waals surface area contributed by atoms with Crippen LogP contribution in [0.5, 0.6) is 0 Å². The van der Waals surface area contributed by atoms with Crippen molar-refractivity contribution in [3.05, 3.63) is 29.0 Å². The van der Waals surface area contributed by atoms with E-state index >= 15 is 0 Å². The summed E-state index contributed by atoms with van der Waals surface area (Å²) in [5, 5.41) is 5.68. The molecular weight excluding hydrogens is 243 g/mol. The van der Waals surface area contributed by atoms with E-state index in [9.17, 15) is 9.18 Å². The summed E-state index contributed by atoms with van der Waals surface area (Å²) in [7, 11) is 0. The van der Waals surface area contributed by atoms with Crippen molar-refractivity contribution < 1.29 is 9.18 Å². The van der Waals surface area contributed by atoms with Gasteiger partial charge in [-0.2, -0.15) is 0 Å². The summed E-state index contributed by atoms with van der Waals surface area (Å²) in [6.07, 6.45) is 0. The zero-order chi connectivity index (χ0) is 13.1. The molecule has 0 saturated heterocycles. The third kappa shape index (κ3) is 3.41. The van der Waals surface area contributed by atoms with Gasteiger partial charge in [-0.1, -0.05) is 24.6 Å². The lowest BCUT2D eigenvalue weighted by molar-refractivity contribution is -0.121. The van der Waals surface area contributed by atoms with Crippen molar-refractivity contribution in [2.24, 2.45) is 0 Å². The summed E-state index contributed by atoms with van der Waals surface area (Å²) >= 11 is 5.83. The van der Waals surface area contributed by atoms with Gasteiger partial charge >= 0.3 is 0 Å². The van der Waals surface area contributed by atoms with E-state index in [2.05, 4.69) is 10.6 Å². The number of anilines is 1. The van der Waals surface area contributed by atoms with Crippen LogP contribution in [0.1, 0.15) is 20.8 Å². The Bertz CT molecular complexity index is 401. The van der Waals surface area contributed by atoms with Crippen LogP contribution < -0.4 is 10.6 Å². The Balaban J connectivity index is 2.88. The summed E-state index contributed by atoms with van der Waals surface area (Å²) < 4.78 is 13.5. The number of carbonyl (C=O) groups is 1. The molecule has 1 aromatic carbocycles. The quantitative estimate of drug-likeness (QED) is 0.872. The summed E-state index contributed by atoms with van der Waals surface area (Å²) in [5.74, 6) is -0.871. The van der Waals surface area contributed by atoms with Gasteiger partial charge in [0.2, 0.25) is 5.91 Å². The van der Waals surface area contributed by atoms with E-state index in [1.54, 1.807) is 13.8 Å². The van der Waals surface area contributed by atoms with Gasteiger partial charge in [0, 0.05) is 0 Å². The van der Waals surface area contributed by atoms with Crippen LogP contribution in [-0.2, 0) is 4.79 Å². The van der Waals surface area contributed by atoms with Gasteiger partial charge < -0.3 is 10.6 Å². The summed E-state index contributed by atoms with van der Waals surface area (Å²) in [5.41, 5.74) is -0.759. The highest BCUT2D eigenvalue weighted by Gasteiger charge is 2.27. The topological polar surface area (TPSA) is 41.1 Å².